The van der Waals surface area contributed by atoms with Crippen LogP contribution in [0.4, 0.5) is 0 Å². The lowest BCUT2D eigenvalue weighted by atomic mass is 9.84. The molecule has 1 aromatic carbocycles. The molecule has 0 amide bonds. The molecule has 1 saturated carbocycles. The van der Waals surface area contributed by atoms with E-state index in [4.69, 9.17) is 9.88 Å². The Balaban J connectivity index is 1.39. The molecule has 158 valence electrons. The molecule has 1 unspecified atom stereocenters. The van der Waals surface area contributed by atoms with Gasteiger partial charge in [0, 0.05) is 17.1 Å². The first-order valence-corrected chi connectivity index (χ1v) is 12.5. The van der Waals surface area contributed by atoms with Gasteiger partial charge in [0.15, 0.2) is 0 Å². The van der Waals surface area contributed by atoms with Crippen LogP contribution in [0.15, 0.2) is 22.7 Å². The first kappa shape index (κ1) is 22.0. The summed E-state index contributed by atoms with van der Waals surface area (Å²) < 4.78 is 31.4. The largest absolute Gasteiger partial charge is 0.497 e. The average molecular weight is 474 g/mol. The summed E-state index contributed by atoms with van der Waals surface area (Å²) >= 11 is 3.67. The molecule has 1 atom stereocenters. The smallest absolute Gasteiger partial charge is 0.274 e. The Morgan fingerprint density at radius 2 is 1.96 bits per heavy atom. The van der Waals surface area contributed by atoms with Crippen molar-refractivity contribution in [2.45, 2.75) is 51.0 Å². The van der Waals surface area contributed by atoms with Gasteiger partial charge in [0.2, 0.25) is 0 Å². The molecule has 1 aromatic rings. The number of hydrogen-bond donors (Lipinski definition) is 2. The summed E-state index contributed by atoms with van der Waals surface area (Å²) in [7, 11) is -1.86. The highest BCUT2D eigenvalue weighted by Gasteiger charge is 2.26. The summed E-state index contributed by atoms with van der Waals surface area (Å²) in [6.07, 6.45) is 7.49. The van der Waals surface area contributed by atoms with Gasteiger partial charge in [-0.1, -0.05) is 15.9 Å². The first-order chi connectivity index (χ1) is 13.3. The van der Waals surface area contributed by atoms with Crippen LogP contribution >= 0.6 is 15.9 Å². The summed E-state index contributed by atoms with van der Waals surface area (Å²) in [6, 6.07) is 6.22. The van der Waals surface area contributed by atoms with Gasteiger partial charge in [-0.25, -0.2) is 5.14 Å². The van der Waals surface area contributed by atoms with Crippen LogP contribution in [0.3, 0.4) is 0 Å². The lowest BCUT2D eigenvalue weighted by molar-refractivity contribution is 0.245. The van der Waals surface area contributed by atoms with E-state index in [9.17, 15) is 8.42 Å². The van der Waals surface area contributed by atoms with Crippen LogP contribution in [0, 0.1) is 11.8 Å². The molecule has 2 fully saturated rings. The van der Waals surface area contributed by atoms with Crippen molar-refractivity contribution in [2.24, 2.45) is 17.0 Å². The Hall–Kier alpha value is -0.670. The highest BCUT2D eigenvalue weighted by atomic mass is 79.9. The van der Waals surface area contributed by atoms with Crippen LogP contribution in [0.1, 0.15) is 44.1 Å². The molecule has 1 aliphatic carbocycles. The zero-order valence-corrected chi connectivity index (χ0v) is 19.0. The zero-order chi connectivity index (χ0) is 20.1. The predicted molar refractivity (Wildman–Crippen MR) is 116 cm³/mol. The topological polar surface area (TPSA) is 84.7 Å². The number of ether oxygens (including phenoxy) is 1. The minimum atomic E-state index is -3.58. The van der Waals surface area contributed by atoms with E-state index in [0.717, 1.165) is 55.4 Å². The average Bonchev–Trinajstić information content (AvgIpc) is 3.09. The van der Waals surface area contributed by atoms with Gasteiger partial charge in [0.1, 0.15) is 5.75 Å². The SMILES string of the molecule is COc1ccc(Br)c(CC2CCN(CCC3CCC(NS(N)(=O)=O)CC3)C2)c1. The first-order valence-electron chi connectivity index (χ1n) is 10.2. The Kier molecular flexibility index (Phi) is 7.78. The van der Waals surface area contributed by atoms with Crippen molar-refractivity contribution in [2.75, 3.05) is 26.7 Å². The van der Waals surface area contributed by atoms with E-state index in [1.807, 2.05) is 6.07 Å². The van der Waals surface area contributed by atoms with Gasteiger partial charge in [-0.3, -0.25) is 0 Å². The van der Waals surface area contributed by atoms with Gasteiger partial charge in [-0.2, -0.15) is 13.1 Å². The molecule has 3 N–H and O–H groups in total. The third-order valence-corrected chi connectivity index (χ3v) is 7.60. The van der Waals surface area contributed by atoms with Gasteiger partial charge in [-0.05, 0) is 93.6 Å². The normalized spacial score (nSPS) is 26.5. The van der Waals surface area contributed by atoms with Gasteiger partial charge in [0.25, 0.3) is 10.2 Å². The van der Waals surface area contributed by atoms with Gasteiger partial charge in [-0.15, -0.1) is 0 Å². The molecule has 0 radical (unpaired) electrons. The summed E-state index contributed by atoms with van der Waals surface area (Å²) in [5, 5.41) is 5.08. The van der Waals surface area contributed by atoms with Crippen molar-refractivity contribution in [1.82, 2.24) is 9.62 Å². The number of benzene rings is 1. The lowest BCUT2D eigenvalue weighted by Gasteiger charge is -2.29. The zero-order valence-electron chi connectivity index (χ0n) is 16.6. The second-order valence-electron chi connectivity index (χ2n) is 8.29. The van der Waals surface area contributed by atoms with Crippen LogP contribution in [0.5, 0.6) is 5.75 Å². The molecule has 6 nitrogen and oxygen atoms in total. The molecule has 1 saturated heterocycles. The van der Waals surface area contributed by atoms with E-state index in [2.05, 4.69) is 37.7 Å². The fraction of sp³-hybridized carbons (Fsp3) is 0.700. The predicted octanol–water partition coefficient (Wildman–Crippen LogP) is 3.06. The maximum absolute atomic E-state index is 11.1. The second kappa shape index (κ2) is 9.89. The summed E-state index contributed by atoms with van der Waals surface area (Å²) in [4.78, 5) is 2.59. The van der Waals surface area contributed by atoms with Crippen LogP contribution in [0.25, 0.3) is 0 Å². The number of likely N-dealkylation sites (tertiary alicyclic amines) is 1. The van der Waals surface area contributed by atoms with E-state index in [1.165, 1.54) is 24.9 Å². The third-order valence-electron chi connectivity index (χ3n) is 6.16. The van der Waals surface area contributed by atoms with Crippen LogP contribution in [-0.2, 0) is 16.6 Å². The molecular formula is C20H32BrN3O3S. The molecule has 1 heterocycles. The maximum Gasteiger partial charge on any atom is 0.274 e. The minimum Gasteiger partial charge on any atom is -0.497 e. The molecule has 8 heteroatoms. The Morgan fingerprint density at radius 3 is 2.64 bits per heavy atom. The number of nitrogens with one attached hydrogen (secondary N) is 1. The van der Waals surface area contributed by atoms with Crippen LogP contribution < -0.4 is 14.6 Å². The van der Waals surface area contributed by atoms with Crippen molar-refractivity contribution >= 4 is 26.1 Å². The van der Waals surface area contributed by atoms with Crippen LogP contribution in [0.2, 0.25) is 0 Å². The van der Waals surface area contributed by atoms with E-state index in [1.54, 1.807) is 7.11 Å². The Bertz CT molecular complexity index is 751. The number of methoxy groups -OCH3 is 1. The fourth-order valence-electron chi connectivity index (χ4n) is 4.59. The summed E-state index contributed by atoms with van der Waals surface area (Å²) in [6.45, 7) is 3.48. The fourth-order valence-corrected chi connectivity index (χ4v) is 5.70. The second-order valence-corrected chi connectivity index (χ2v) is 10.5. The minimum absolute atomic E-state index is 0.0173. The molecule has 0 spiro atoms. The van der Waals surface area contributed by atoms with Gasteiger partial charge in [0.05, 0.1) is 7.11 Å². The maximum atomic E-state index is 11.1. The monoisotopic (exact) mass is 473 g/mol. The Labute approximate surface area is 177 Å². The standard InChI is InChI=1S/C20H32BrN3O3S/c1-27-19-6-7-20(21)17(13-19)12-16-9-11-24(14-16)10-8-15-2-4-18(5-3-15)23-28(22,25)26/h6-7,13,15-16,18,23H,2-5,8-12,14H2,1H3,(H2,22,25,26). The highest BCUT2D eigenvalue weighted by molar-refractivity contribution is 9.10. The van der Waals surface area contributed by atoms with E-state index in [-0.39, 0.29) is 6.04 Å². The van der Waals surface area contributed by atoms with E-state index in [0.29, 0.717) is 11.8 Å². The van der Waals surface area contributed by atoms with Crippen molar-refractivity contribution in [3.63, 3.8) is 0 Å². The third kappa shape index (κ3) is 6.69. The molecule has 0 bridgehead atoms. The van der Waals surface area contributed by atoms with Gasteiger partial charge >= 0.3 is 0 Å². The molecular weight excluding hydrogens is 442 g/mol. The summed E-state index contributed by atoms with van der Waals surface area (Å²) in [5.41, 5.74) is 1.33. The van der Waals surface area contributed by atoms with Crippen LogP contribution in [-0.4, -0.2) is 46.1 Å². The van der Waals surface area contributed by atoms with E-state index < -0.39 is 10.2 Å². The molecule has 3 rings (SSSR count). The molecule has 1 aliphatic heterocycles. The molecule has 2 aliphatic rings. The van der Waals surface area contributed by atoms with Crippen molar-refractivity contribution in [1.29, 1.82) is 0 Å². The van der Waals surface area contributed by atoms with Gasteiger partial charge < -0.3 is 9.64 Å². The molecule has 0 aromatic heterocycles. The number of rotatable bonds is 8. The number of nitrogens with two attached hydrogens (primary N) is 1. The van der Waals surface area contributed by atoms with Crippen molar-refractivity contribution in [3.8, 4) is 5.75 Å². The lowest BCUT2D eigenvalue weighted by Crippen LogP contribution is -2.41. The Morgan fingerprint density at radius 1 is 1.21 bits per heavy atom. The number of nitrogens with zero attached hydrogens (tertiary/aromatic N) is 1. The summed E-state index contributed by atoms with van der Waals surface area (Å²) in [5.74, 6) is 2.31. The van der Waals surface area contributed by atoms with Crippen molar-refractivity contribution < 1.29 is 13.2 Å². The van der Waals surface area contributed by atoms with E-state index >= 15 is 0 Å². The van der Waals surface area contributed by atoms with Crippen molar-refractivity contribution in [3.05, 3.63) is 28.2 Å². The molecule has 28 heavy (non-hydrogen) atoms. The number of halogens is 1. The quantitative estimate of drug-likeness (QED) is 0.607. The highest BCUT2D eigenvalue weighted by Crippen LogP contribution is 2.30. The number of hydrogen-bond acceptors (Lipinski definition) is 4.